The van der Waals surface area contributed by atoms with Crippen LogP contribution in [0.5, 0.6) is 0 Å². The van der Waals surface area contributed by atoms with Gasteiger partial charge in [-0.3, -0.25) is 4.79 Å². The Hall–Kier alpha value is -1.84. The van der Waals surface area contributed by atoms with Crippen molar-refractivity contribution in [3.8, 4) is 0 Å². The summed E-state index contributed by atoms with van der Waals surface area (Å²) in [5.74, 6) is -0.0904. The molecule has 0 spiro atoms. The van der Waals surface area contributed by atoms with E-state index < -0.39 is 0 Å². The van der Waals surface area contributed by atoms with E-state index in [1.807, 2.05) is 39.0 Å². The number of rotatable bonds is 2. The molecule has 4 heteroatoms. The van der Waals surface area contributed by atoms with Gasteiger partial charge in [-0.1, -0.05) is 0 Å². The molecular formula is C12H15N3O. The normalized spacial score (nSPS) is 11.0. The Morgan fingerprint density at radius 3 is 2.88 bits per heavy atom. The maximum Gasteiger partial charge on any atom is 0.270 e. The number of aryl methyl sites for hydroxylation is 1. The van der Waals surface area contributed by atoms with E-state index in [0.29, 0.717) is 5.69 Å². The highest BCUT2D eigenvalue weighted by Gasteiger charge is 2.12. The number of amides is 1. The zero-order valence-corrected chi connectivity index (χ0v) is 9.69. The van der Waals surface area contributed by atoms with E-state index in [1.165, 1.54) is 0 Å². The molecule has 84 valence electrons. The lowest BCUT2D eigenvalue weighted by atomic mass is 10.2. The summed E-state index contributed by atoms with van der Waals surface area (Å²) in [4.78, 5) is 11.9. The predicted octanol–water partition coefficient (Wildman–Crippen LogP) is 1.78. The summed E-state index contributed by atoms with van der Waals surface area (Å²) in [5.41, 5.74) is 2.57. The lowest BCUT2D eigenvalue weighted by Gasteiger charge is -2.10. The van der Waals surface area contributed by atoms with Crippen LogP contribution in [0.4, 0.5) is 0 Å². The monoisotopic (exact) mass is 217 g/mol. The van der Waals surface area contributed by atoms with Crippen molar-refractivity contribution in [1.82, 2.24) is 14.9 Å². The molecule has 4 nitrogen and oxygen atoms in total. The Labute approximate surface area is 94.3 Å². The average Bonchev–Trinajstić information content (AvgIpc) is 2.62. The van der Waals surface area contributed by atoms with Gasteiger partial charge in [0.1, 0.15) is 5.69 Å². The fraction of sp³-hybridized carbons (Fsp3) is 0.333. The van der Waals surface area contributed by atoms with Gasteiger partial charge in [-0.05, 0) is 44.5 Å². The minimum absolute atomic E-state index is 0.0904. The van der Waals surface area contributed by atoms with Crippen LogP contribution in [0.2, 0.25) is 0 Å². The van der Waals surface area contributed by atoms with Gasteiger partial charge in [-0.25, -0.2) is 4.52 Å². The molecule has 0 bridgehead atoms. The smallest absolute Gasteiger partial charge is 0.270 e. The molecule has 0 unspecified atom stereocenters. The van der Waals surface area contributed by atoms with Crippen molar-refractivity contribution < 1.29 is 4.79 Å². The molecule has 2 aromatic heterocycles. The molecule has 16 heavy (non-hydrogen) atoms. The second kappa shape index (κ2) is 3.96. The summed E-state index contributed by atoms with van der Waals surface area (Å²) >= 11 is 0. The first kappa shape index (κ1) is 10.7. The molecule has 0 atom stereocenters. The van der Waals surface area contributed by atoms with Gasteiger partial charge in [0.2, 0.25) is 0 Å². The number of hydrogen-bond donors (Lipinski definition) is 1. The average molecular weight is 217 g/mol. The first-order valence-electron chi connectivity index (χ1n) is 5.33. The number of carbonyl (C=O) groups excluding carboxylic acids is 1. The molecule has 0 fully saturated rings. The van der Waals surface area contributed by atoms with Crippen molar-refractivity contribution in [2.24, 2.45) is 0 Å². The Morgan fingerprint density at radius 2 is 2.19 bits per heavy atom. The molecule has 0 aromatic carbocycles. The SMILES string of the molecule is Cc1cc(C(=O)NC(C)C)n2nccc2c1. The van der Waals surface area contributed by atoms with E-state index in [-0.39, 0.29) is 11.9 Å². The molecule has 0 aliphatic rings. The maximum absolute atomic E-state index is 11.9. The zero-order chi connectivity index (χ0) is 11.7. The maximum atomic E-state index is 11.9. The number of fused-ring (bicyclic) bond motifs is 1. The van der Waals surface area contributed by atoms with Gasteiger partial charge in [-0.2, -0.15) is 5.10 Å². The van der Waals surface area contributed by atoms with Crippen LogP contribution in [-0.2, 0) is 0 Å². The fourth-order valence-electron chi connectivity index (χ4n) is 1.67. The Bertz CT molecular complexity index is 528. The third-order valence-corrected chi connectivity index (χ3v) is 2.29. The lowest BCUT2D eigenvalue weighted by Crippen LogP contribution is -2.31. The van der Waals surface area contributed by atoms with Crippen LogP contribution >= 0.6 is 0 Å². The number of pyridine rings is 1. The first-order chi connectivity index (χ1) is 7.58. The summed E-state index contributed by atoms with van der Waals surface area (Å²) in [6, 6.07) is 5.86. The van der Waals surface area contributed by atoms with E-state index in [0.717, 1.165) is 11.1 Å². The quantitative estimate of drug-likeness (QED) is 0.833. The molecule has 1 N–H and O–H groups in total. The van der Waals surface area contributed by atoms with E-state index in [9.17, 15) is 4.79 Å². The zero-order valence-electron chi connectivity index (χ0n) is 9.69. The van der Waals surface area contributed by atoms with E-state index >= 15 is 0 Å². The Balaban J connectivity index is 2.50. The molecule has 0 saturated carbocycles. The van der Waals surface area contributed by atoms with Crippen molar-refractivity contribution in [2.75, 3.05) is 0 Å². The van der Waals surface area contributed by atoms with Crippen LogP contribution < -0.4 is 5.32 Å². The largest absolute Gasteiger partial charge is 0.349 e. The van der Waals surface area contributed by atoms with Gasteiger partial charge in [0.15, 0.2) is 0 Å². The highest BCUT2D eigenvalue weighted by atomic mass is 16.2. The van der Waals surface area contributed by atoms with Crippen molar-refractivity contribution >= 4 is 11.4 Å². The summed E-state index contributed by atoms with van der Waals surface area (Å²) in [6.07, 6.45) is 1.70. The number of carbonyl (C=O) groups is 1. The number of aromatic nitrogens is 2. The Morgan fingerprint density at radius 1 is 1.44 bits per heavy atom. The van der Waals surface area contributed by atoms with Crippen molar-refractivity contribution in [1.29, 1.82) is 0 Å². The molecule has 0 aliphatic heterocycles. The molecule has 2 aromatic rings. The minimum Gasteiger partial charge on any atom is -0.349 e. The standard InChI is InChI=1S/C12H15N3O/c1-8(2)14-12(16)11-7-9(3)6-10-4-5-13-15(10)11/h4-8H,1-3H3,(H,14,16). The van der Waals surface area contributed by atoms with Gasteiger partial charge in [0.05, 0.1) is 11.7 Å². The van der Waals surface area contributed by atoms with Crippen LogP contribution in [-0.4, -0.2) is 21.6 Å². The molecule has 0 radical (unpaired) electrons. The molecule has 0 aliphatic carbocycles. The van der Waals surface area contributed by atoms with Crippen LogP contribution in [0.1, 0.15) is 29.9 Å². The fourth-order valence-corrected chi connectivity index (χ4v) is 1.67. The third-order valence-electron chi connectivity index (χ3n) is 2.29. The van der Waals surface area contributed by atoms with Gasteiger partial charge >= 0.3 is 0 Å². The molecular weight excluding hydrogens is 202 g/mol. The van der Waals surface area contributed by atoms with Crippen LogP contribution in [0.3, 0.4) is 0 Å². The highest BCUT2D eigenvalue weighted by Crippen LogP contribution is 2.10. The Kier molecular flexibility index (Phi) is 2.64. The van der Waals surface area contributed by atoms with Crippen molar-refractivity contribution in [2.45, 2.75) is 26.8 Å². The molecule has 2 heterocycles. The second-order valence-electron chi connectivity index (χ2n) is 4.21. The molecule has 0 saturated heterocycles. The number of nitrogens with one attached hydrogen (secondary N) is 1. The third kappa shape index (κ3) is 1.91. The second-order valence-corrected chi connectivity index (χ2v) is 4.21. The molecule has 2 rings (SSSR count). The van der Waals surface area contributed by atoms with Crippen molar-refractivity contribution in [3.05, 3.63) is 35.7 Å². The molecule has 1 amide bonds. The van der Waals surface area contributed by atoms with E-state index in [4.69, 9.17) is 0 Å². The number of hydrogen-bond acceptors (Lipinski definition) is 2. The van der Waals surface area contributed by atoms with Gasteiger partial charge in [0, 0.05) is 6.04 Å². The van der Waals surface area contributed by atoms with E-state index in [1.54, 1.807) is 10.7 Å². The van der Waals surface area contributed by atoms with E-state index in [2.05, 4.69) is 10.4 Å². The topological polar surface area (TPSA) is 46.4 Å². The first-order valence-corrected chi connectivity index (χ1v) is 5.33. The summed E-state index contributed by atoms with van der Waals surface area (Å²) < 4.78 is 1.66. The van der Waals surface area contributed by atoms with Crippen LogP contribution in [0, 0.1) is 6.92 Å². The highest BCUT2D eigenvalue weighted by molar-refractivity contribution is 5.93. The summed E-state index contributed by atoms with van der Waals surface area (Å²) in [6.45, 7) is 5.85. The van der Waals surface area contributed by atoms with Gasteiger partial charge in [-0.15, -0.1) is 0 Å². The minimum atomic E-state index is -0.0904. The van der Waals surface area contributed by atoms with Crippen molar-refractivity contribution in [3.63, 3.8) is 0 Å². The summed E-state index contributed by atoms with van der Waals surface area (Å²) in [5, 5.41) is 7.01. The van der Waals surface area contributed by atoms with Gasteiger partial charge in [0.25, 0.3) is 5.91 Å². The summed E-state index contributed by atoms with van der Waals surface area (Å²) in [7, 11) is 0. The van der Waals surface area contributed by atoms with Crippen LogP contribution in [0.25, 0.3) is 5.52 Å². The lowest BCUT2D eigenvalue weighted by molar-refractivity contribution is 0.0935. The predicted molar refractivity (Wildman–Crippen MR) is 62.5 cm³/mol. The number of nitrogens with zero attached hydrogens (tertiary/aromatic N) is 2. The van der Waals surface area contributed by atoms with Gasteiger partial charge < -0.3 is 5.32 Å². The van der Waals surface area contributed by atoms with Crippen LogP contribution in [0.15, 0.2) is 24.4 Å².